The van der Waals surface area contributed by atoms with E-state index in [2.05, 4.69) is 5.10 Å². The Balaban J connectivity index is 1.89. The molecule has 1 unspecified atom stereocenters. The molecule has 0 spiro atoms. The lowest BCUT2D eigenvalue weighted by Gasteiger charge is -2.26. The number of carbonyl (C=O) groups excluding carboxylic acids is 2. The Hall–Kier alpha value is -3.06. The molecule has 0 aliphatic carbocycles. The van der Waals surface area contributed by atoms with E-state index >= 15 is 0 Å². The van der Waals surface area contributed by atoms with E-state index in [9.17, 15) is 14.0 Å². The topological polar surface area (TPSA) is 62.2 Å². The summed E-state index contributed by atoms with van der Waals surface area (Å²) in [6.07, 6.45) is 0.694. The number of methoxy groups -OCH3 is 1. The summed E-state index contributed by atoms with van der Waals surface area (Å²) in [5, 5.41) is 5.88. The van der Waals surface area contributed by atoms with Gasteiger partial charge >= 0.3 is 0 Å². The van der Waals surface area contributed by atoms with E-state index in [1.807, 2.05) is 30.3 Å². The molecule has 0 N–H and O–H groups in total. The molecule has 158 valence electrons. The van der Waals surface area contributed by atoms with Gasteiger partial charge in [0.05, 0.1) is 18.4 Å². The van der Waals surface area contributed by atoms with Crippen LogP contribution in [0.3, 0.4) is 0 Å². The smallest absolute Gasteiger partial charge is 0.262 e. The Morgan fingerprint density at radius 2 is 1.87 bits per heavy atom. The highest BCUT2D eigenvalue weighted by Gasteiger charge is 2.34. The van der Waals surface area contributed by atoms with E-state index in [0.29, 0.717) is 37.3 Å². The summed E-state index contributed by atoms with van der Waals surface area (Å²) >= 11 is 0. The number of rotatable bonds is 8. The van der Waals surface area contributed by atoms with Crippen molar-refractivity contribution in [3.8, 4) is 0 Å². The van der Waals surface area contributed by atoms with Gasteiger partial charge in [-0.25, -0.2) is 9.40 Å². The summed E-state index contributed by atoms with van der Waals surface area (Å²) in [6.45, 7) is 2.31. The number of ether oxygens (including phenoxy) is 1. The lowest BCUT2D eigenvalue weighted by molar-refractivity contribution is -0.141. The first-order chi connectivity index (χ1) is 14.5. The Bertz CT molecular complexity index is 917. The summed E-state index contributed by atoms with van der Waals surface area (Å²) in [4.78, 5) is 26.9. The third-order valence-electron chi connectivity index (χ3n) is 5.08. The SMILES string of the molecule is CCC(=O)N(CCOC)CC(=O)N1N=C(c2ccccc2F)CC1c1ccccc1. The maximum Gasteiger partial charge on any atom is 0.262 e. The van der Waals surface area contributed by atoms with Gasteiger partial charge in [-0.2, -0.15) is 5.10 Å². The zero-order valence-corrected chi connectivity index (χ0v) is 17.3. The molecule has 0 aromatic heterocycles. The normalized spacial score (nSPS) is 15.8. The van der Waals surface area contributed by atoms with Gasteiger partial charge in [0, 0.05) is 32.1 Å². The van der Waals surface area contributed by atoms with Crippen molar-refractivity contribution in [1.82, 2.24) is 9.91 Å². The summed E-state index contributed by atoms with van der Waals surface area (Å²) in [5.74, 6) is -0.817. The fraction of sp³-hybridized carbons (Fsp3) is 0.348. The molecule has 2 aromatic carbocycles. The second kappa shape index (κ2) is 10.1. The van der Waals surface area contributed by atoms with E-state index in [4.69, 9.17) is 4.74 Å². The van der Waals surface area contributed by atoms with Crippen LogP contribution in [0.1, 0.15) is 36.9 Å². The number of hydrazone groups is 1. The van der Waals surface area contributed by atoms with Gasteiger partial charge in [0.25, 0.3) is 5.91 Å². The van der Waals surface area contributed by atoms with Gasteiger partial charge in [-0.1, -0.05) is 55.5 Å². The van der Waals surface area contributed by atoms with Gasteiger partial charge in [-0.3, -0.25) is 9.59 Å². The van der Waals surface area contributed by atoms with Crippen molar-refractivity contribution < 1.29 is 18.7 Å². The fourth-order valence-corrected chi connectivity index (χ4v) is 3.49. The molecule has 0 bridgehead atoms. The molecule has 0 saturated carbocycles. The molecule has 1 aliphatic heterocycles. The number of carbonyl (C=O) groups is 2. The minimum absolute atomic E-state index is 0.104. The molecule has 2 amide bonds. The van der Waals surface area contributed by atoms with Crippen molar-refractivity contribution >= 4 is 17.5 Å². The molecule has 0 saturated heterocycles. The Morgan fingerprint density at radius 3 is 2.53 bits per heavy atom. The molecule has 7 heteroatoms. The minimum atomic E-state index is -0.375. The molecule has 2 aromatic rings. The standard InChI is InChI=1S/C23H26FN3O3/c1-3-22(28)26(13-14-30-2)16-23(29)27-21(17-9-5-4-6-10-17)15-20(25-27)18-11-7-8-12-19(18)24/h4-12,21H,3,13-16H2,1-2H3. The lowest BCUT2D eigenvalue weighted by Crippen LogP contribution is -2.42. The molecule has 0 radical (unpaired) electrons. The third kappa shape index (κ3) is 4.91. The predicted molar refractivity (Wildman–Crippen MR) is 112 cm³/mol. The first kappa shape index (κ1) is 21.6. The number of benzene rings is 2. The Labute approximate surface area is 175 Å². The van der Waals surface area contributed by atoms with Crippen LogP contribution < -0.4 is 0 Å². The van der Waals surface area contributed by atoms with Crippen LogP contribution in [0, 0.1) is 5.82 Å². The second-order valence-corrected chi connectivity index (χ2v) is 7.06. The number of halogens is 1. The van der Waals surface area contributed by atoms with Crippen molar-refractivity contribution in [1.29, 1.82) is 0 Å². The van der Waals surface area contributed by atoms with Crippen LogP contribution >= 0.6 is 0 Å². The molecule has 0 fully saturated rings. The van der Waals surface area contributed by atoms with E-state index in [1.54, 1.807) is 32.2 Å². The highest BCUT2D eigenvalue weighted by atomic mass is 19.1. The fourth-order valence-electron chi connectivity index (χ4n) is 3.49. The van der Waals surface area contributed by atoms with E-state index in [-0.39, 0.29) is 30.2 Å². The third-order valence-corrected chi connectivity index (χ3v) is 5.08. The molecular weight excluding hydrogens is 385 g/mol. The van der Waals surface area contributed by atoms with Gasteiger partial charge in [-0.05, 0) is 11.6 Å². The molecular formula is C23H26FN3O3. The van der Waals surface area contributed by atoms with Crippen LogP contribution in [0.4, 0.5) is 4.39 Å². The summed E-state index contributed by atoms with van der Waals surface area (Å²) in [6, 6.07) is 15.6. The van der Waals surface area contributed by atoms with Gasteiger partial charge in [-0.15, -0.1) is 0 Å². The van der Waals surface area contributed by atoms with Crippen LogP contribution in [-0.2, 0) is 14.3 Å². The molecule has 1 aliphatic rings. The second-order valence-electron chi connectivity index (χ2n) is 7.06. The minimum Gasteiger partial charge on any atom is -0.383 e. The average Bonchev–Trinajstić information content (AvgIpc) is 3.22. The van der Waals surface area contributed by atoms with Gasteiger partial charge < -0.3 is 9.64 Å². The summed E-state index contributed by atoms with van der Waals surface area (Å²) in [7, 11) is 1.55. The number of hydrogen-bond acceptors (Lipinski definition) is 4. The largest absolute Gasteiger partial charge is 0.383 e. The number of nitrogens with zero attached hydrogens (tertiary/aromatic N) is 3. The van der Waals surface area contributed by atoms with E-state index < -0.39 is 0 Å². The molecule has 1 atom stereocenters. The quantitative estimate of drug-likeness (QED) is 0.669. The lowest BCUT2D eigenvalue weighted by atomic mass is 9.98. The maximum absolute atomic E-state index is 14.3. The van der Waals surface area contributed by atoms with Crippen molar-refractivity contribution in [2.75, 3.05) is 26.8 Å². The molecule has 30 heavy (non-hydrogen) atoms. The predicted octanol–water partition coefficient (Wildman–Crippen LogP) is 3.39. The first-order valence-corrected chi connectivity index (χ1v) is 10.0. The van der Waals surface area contributed by atoms with Crippen LogP contribution in [0.25, 0.3) is 0 Å². The van der Waals surface area contributed by atoms with Crippen molar-refractivity contribution in [3.63, 3.8) is 0 Å². The molecule has 3 rings (SSSR count). The number of amides is 2. The van der Waals surface area contributed by atoms with E-state index in [0.717, 1.165) is 5.56 Å². The zero-order chi connectivity index (χ0) is 21.5. The van der Waals surface area contributed by atoms with Crippen LogP contribution in [0.2, 0.25) is 0 Å². The van der Waals surface area contributed by atoms with Crippen molar-refractivity contribution in [2.24, 2.45) is 5.10 Å². The highest BCUT2D eigenvalue weighted by molar-refractivity contribution is 6.03. The Morgan fingerprint density at radius 1 is 1.17 bits per heavy atom. The van der Waals surface area contributed by atoms with Crippen LogP contribution in [0.15, 0.2) is 59.7 Å². The first-order valence-electron chi connectivity index (χ1n) is 10.0. The number of hydrogen-bond donors (Lipinski definition) is 0. The van der Waals surface area contributed by atoms with E-state index in [1.165, 1.54) is 16.0 Å². The van der Waals surface area contributed by atoms with Crippen molar-refractivity contribution in [2.45, 2.75) is 25.8 Å². The van der Waals surface area contributed by atoms with Gasteiger partial charge in [0.1, 0.15) is 12.4 Å². The van der Waals surface area contributed by atoms with Gasteiger partial charge in [0.2, 0.25) is 5.91 Å². The highest BCUT2D eigenvalue weighted by Crippen LogP contribution is 2.33. The molecule has 1 heterocycles. The van der Waals surface area contributed by atoms with Crippen LogP contribution in [-0.4, -0.2) is 54.2 Å². The maximum atomic E-state index is 14.3. The molecule has 6 nitrogen and oxygen atoms in total. The van der Waals surface area contributed by atoms with Crippen LogP contribution in [0.5, 0.6) is 0 Å². The van der Waals surface area contributed by atoms with Crippen molar-refractivity contribution in [3.05, 3.63) is 71.5 Å². The monoisotopic (exact) mass is 411 g/mol. The average molecular weight is 411 g/mol. The van der Waals surface area contributed by atoms with Gasteiger partial charge in [0.15, 0.2) is 0 Å². The zero-order valence-electron chi connectivity index (χ0n) is 17.3. The summed E-state index contributed by atoms with van der Waals surface area (Å²) in [5.41, 5.74) is 1.81. The Kier molecular flexibility index (Phi) is 7.30. The summed E-state index contributed by atoms with van der Waals surface area (Å²) < 4.78 is 19.4.